The molecule has 0 bridgehead atoms. The number of aryl methyl sites for hydroxylation is 1. The Labute approximate surface area is 139 Å². The molecule has 0 amide bonds. The Kier molecular flexibility index (Phi) is 3.47. The third-order valence-electron chi connectivity index (χ3n) is 6.54. The molecule has 2 aliphatic carbocycles. The second-order valence-corrected chi connectivity index (χ2v) is 7.88. The fraction of sp³-hybridized carbons (Fsp3) is 0.619. The normalized spacial score (nSPS) is 25.3. The van der Waals surface area contributed by atoms with Gasteiger partial charge in [0.15, 0.2) is 0 Å². The van der Waals surface area contributed by atoms with Gasteiger partial charge in [-0.25, -0.2) is 0 Å². The van der Waals surface area contributed by atoms with Crippen LogP contribution in [0.4, 0.5) is 0 Å². The molecule has 1 atom stereocenters. The molecule has 1 saturated carbocycles. The topological polar surface area (TPSA) is 17.0 Å². The quantitative estimate of drug-likeness (QED) is 0.729. The Morgan fingerprint density at radius 2 is 1.83 bits per heavy atom. The highest BCUT2D eigenvalue weighted by molar-refractivity contribution is 5.87. The van der Waals surface area contributed by atoms with Gasteiger partial charge in [0.1, 0.15) is 0 Å². The summed E-state index contributed by atoms with van der Waals surface area (Å²) in [6.45, 7) is 2.27. The minimum absolute atomic E-state index is 0.612. The largest absolute Gasteiger partial charge is 0.342 e. The molecule has 1 fully saturated rings. The Hall–Kier alpha value is -1.28. The van der Waals surface area contributed by atoms with Crippen molar-refractivity contribution in [2.24, 2.45) is 0 Å². The molecule has 1 aromatic carbocycles. The summed E-state index contributed by atoms with van der Waals surface area (Å²) in [5.74, 6) is 0.809. The maximum atomic E-state index is 3.74. The first kappa shape index (κ1) is 14.1. The van der Waals surface area contributed by atoms with Gasteiger partial charge in [0.05, 0.1) is 0 Å². The zero-order valence-electron chi connectivity index (χ0n) is 14.1. The van der Waals surface area contributed by atoms with Crippen molar-refractivity contribution in [1.82, 2.24) is 9.88 Å². The monoisotopic (exact) mass is 308 g/mol. The smallest absolute Gasteiger partial charge is 0.0486 e. The molecule has 3 aliphatic rings. The van der Waals surface area contributed by atoms with Gasteiger partial charge in [-0.15, -0.1) is 0 Å². The van der Waals surface area contributed by atoms with Crippen LogP contribution < -0.4 is 5.32 Å². The second-order valence-electron chi connectivity index (χ2n) is 7.88. The van der Waals surface area contributed by atoms with Gasteiger partial charge in [0.2, 0.25) is 0 Å². The highest BCUT2D eigenvalue weighted by Gasteiger charge is 2.30. The predicted octanol–water partition coefficient (Wildman–Crippen LogP) is 5.06. The number of fused-ring (bicyclic) bond motifs is 3. The predicted molar refractivity (Wildman–Crippen MR) is 96.1 cm³/mol. The van der Waals surface area contributed by atoms with Gasteiger partial charge >= 0.3 is 0 Å². The summed E-state index contributed by atoms with van der Waals surface area (Å²) in [5, 5.41) is 5.32. The molecular weight excluding hydrogens is 280 g/mol. The molecule has 122 valence electrons. The van der Waals surface area contributed by atoms with Crippen molar-refractivity contribution in [1.29, 1.82) is 0 Å². The van der Waals surface area contributed by atoms with Crippen LogP contribution >= 0.6 is 0 Å². The van der Waals surface area contributed by atoms with E-state index >= 15 is 0 Å². The van der Waals surface area contributed by atoms with Gasteiger partial charge in [0.25, 0.3) is 0 Å². The highest BCUT2D eigenvalue weighted by Crippen LogP contribution is 2.41. The van der Waals surface area contributed by atoms with E-state index in [0.29, 0.717) is 6.04 Å². The molecule has 5 rings (SSSR count). The number of hydrogen-bond donors (Lipinski definition) is 1. The summed E-state index contributed by atoms with van der Waals surface area (Å²) >= 11 is 0. The SMILES string of the molecule is c1cc2c(cc1C1CCCCCC1)c1c3n2CCN[C@H]3CCC1. The van der Waals surface area contributed by atoms with Crippen molar-refractivity contribution in [2.75, 3.05) is 6.54 Å². The molecule has 1 N–H and O–H groups in total. The lowest BCUT2D eigenvalue weighted by molar-refractivity contribution is 0.384. The molecule has 0 saturated heterocycles. The number of hydrogen-bond acceptors (Lipinski definition) is 1. The number of benzene rings is 1. The van der Waals surface area contributed by atoms with Crippen molar-refractivity contribution in [3.63, 3.8) is 0 Å². The molecule has 2 heteroatoms. The Bertz CT molecular complexity index is 717. The van der Waals surface area contributed by atoms with Crippen molar-refractivity contribution in [3.05, 3.63) is 35.0 Å². The van der Waals surface area contributed by atoms with E-state index in [2.05, 4.69) is 28.1 Å². The zero-order chi connectivity index (χ0) is 15.2. The fourth-order valence-corrected chi connectivity index (χ4v) is 5.40. The molecule has 0 spiro atoms. The molecule has 2 nitrogen and oxygen atoms in total. The van der Waals surface area contributed by atoms with E-state index in [1.807, 2.05) is 0 Å². The van der Waals surface area contributed by atoms with Crippen molar-refractivity contribution in [2.45, 2.75) is 76.3 Å². The van der Waals surface area contributed by atoms with Crippen LogP contribution in [0, 0.1) is 0 Å². The van der Waals surface area contributed by atoms with Crippen LogP contribution in [0.2, 0.25) is 0 Å². The molecule has 23 heavy (non-hydrogen) atoms. The van der Waals surface area contributed by atoms with Crippen molar-refractivity contribution < 1.29 is 0 Å². The summed E-state index contributed by atoms with van der Waals surface area (Å²) in [6, 6.07) is 8.08. The van der Waals surface area contributed by atoms with Crippen LogP contribution in [0.25, 0.3) is 10.9 Å². The van der Waals surface area contributed by atoms with E-state index in [1.54, 1.807) is 22.2 Å². The summed E-state index contributed by atoms with van der Waals surface area (Å²) in [7, 11) is 0. The van der Waals surface area contributed by atoms with E-state index in [1.165, 1.54) is 63.3 Å². The third-order valence-corrected chi connectivity index (χ3v) is 6.54. The van der Waals surface area contributed by atoms with Crippen molar-refractivity contribution >= 4 is 10.9 Å². The maximum Gasteiger partial charge on any atom is 0.0486 e. The van der Waals surface area contributed by atoms with E-state index in [4.69, 9.17) is 0 Å². The van der Waals surface area contributed by atoms with Gasteiger partial charge in [-0.05, 0) is 61.3 Å². The van der Waals surface area contributed by atoms with Gasteiger partial charge in [-0.3, -0.25) is 0 Å². The molecule has 2 aromatic rings. The Morgan fingerprint density at radius 3 is 2.70 bits per heavy atom. The van der Waals surface area contributed by atoms with Crippen LogP contribution in [0.15, 0.2) is 18.2 Å². The number of rotatable bonds is 1. The minimum Gasteiger partial charge on any atom is -0.342 e. The van der Waals surface area contributed by atoms with E-state index in [-0.39, 0.29) is 0 Å². The van der Waals surface area contributed by atoms with Gasteiger partial charge in [-0.2, -0.15) is 0 Å². The lowest BCUT2D eigenvalue weighted by Crippen LogP contribution is -2.35. The number of nitrogens with zero attached hydrogens (tertiary/aromatic N) is 1. The number of aromatic nitrogens is 1. The molecule has 2 heterocycles. The summed E-state index contributed by atoms with van der Waals surface area (Å²) in [4.78, 5) is 0. The first-order chi connectivity index (χ1) is 11.4. The standard InChI is InChI=1S/C21H28N2/c1-2-4-7-15(6-3-1)16-10-11-20-18(14-16)17-8-5-9-19-21(17)23(20)13-12-22-19/h10-11,14-15,19,22H,1-9,12-13H2/t19-/m0/s1. The highest BCUT2D eigenvalue weighted by atomic mass is 15.1. The Balaban J connectivity index is 1.63. The maximum absolute atomic E-state index is 3.74. The third kappa shape index (κ3) is 2.26. The lowest BCUT2D eigenvalue weighted by atomic mass is 9.88. The lowest BCUT2D eigenvalue weighted by Gasteiger charge is -2.31. The zero-order valence-corrected chi connectivity index (χ0v) is 14.1. The molecule has 1 aliphatic heterocycles. The van der Waals surface area contributed by atoms with Gasteiger partial charge in [-0.1, -0.05) is 31.7 Å². The second kappa shape index (κ2) is 5.66. The fourth-order valence-electron chi connectivity index (χ4n) is 5.40. The molecule has 0 unspecified atom stereocenters. The van der Waals surface area contributed by atoms with Gasteiger partial charge in [0, 0.05) is 35.7 Å². The van der Waals surface area contributed by atoms with E-state index in [0.717, 1.165) is 19.0 Å². The summed E-state index contributed by atoms with van der Waals surface area (Å²) in [5.41, 5.74) is 6.41. The van der Waals surface area contributed by atoms with Crippen LogP contribution in [0.1, 0.15) is 80.1 Å². The van der Waals surface area contributed by atoms with Crippen LogP contribution in [0.3, 0.4) is 0 Å². The molecular formula is C21H28N2. The van der Waals surface area contributed by atoms with Crippen LogP contribution in [0.5, 0.6) is 0 Å². The summed E-state index contributed by atoms with van der Waals surface area (Å²) < 4.78 is 2.63. The van der Waals surface area contributed by atoms with Crippen LogP contribution in [-0.4, -0.2) is 11.1 Å². The first-order valence-electron chi connectivity index (χ1n) is 9.80. The van der Waals surface area contributed by atoms with Gasteiger partial charge < -0.3 is 9.88 Å². The molecule has 0 radical (unpaired) electrons. The average Bonchev–Trinajstić information content (AvgIpc) is 2.78. The van der Waals surface area contributed by atoms with E-state index in [9.17, 15) is 0 Å². The number of nitrogens with one attached hydrogen (secondary N) is 1. The minimum atomic E-state index is 0.612. The van der Waals surface area contributed by atoms with Crippen LogP contribution in [-0.2, 0) is 13.0 Å². The Morgan fingerprint density at radius 1 is 0.957 bits per heavy atom. The average molecular weight is 308 g/mol. The first-order valence-corrected chi connectivity index (χ1v) is 9.80. The molecule has 1 aromatic heterocycles. The summed E-state index contributed by atoms with van der Waals surface area (Å²) in [6.07, 6.45) is 12.5. The van der Waals surface area contributed by atoms with Crippen molar-refractivity contribution in [3.8, 4) is 0 Å². The van der Waals surface area contributed by atoms with E-state index < -0.39 is 0 Å².